The molecule has 0 spiro atoms. The van der Waals surface area contributed by atoms with Crippen LogP contribution in [-0.2, 0) is 6.42 Å². The summed E-state index contributed by atoms with van der Waals surface area (Å²) in [4.78, 5) is 15.7. The van der Waals surface area contributed by atoms with Crippen LogP contribution in [0.4, 0.5) is 11.5 Å². The number of hydrogen-bond acceptors (Lipinski definition) is 3. The quantitative estimate of drug-likeness (QED) is 0.869. The molecule has 4 nitrogen and oxygen atoms in total. The molecule has 0 amide bonds. The van der Waals surface area contributed by atoms with Gasteiger partial charge in [0, 0.05) is 11.4 Å². The molecule has 0 aliphatic rings. The summed E-state index contributed by atoms with van der Waals surface area (Å²) in [7, 11) is 0. The summed E-state index contributed by atoms with van der Waals surface area (Å²) in [6.45, 7) is 4.22. The van der Waals surface area contributed by atoms with Gasteiger partial charge in [0.05, 0.1) is 0 Å². The largest absolute Gasteiger partial charge is 0.478 e. The van der Waals surface area contributed by atoms with Crippen molar-refractivity contribution in [1.29, 1.82) is 0 Å². The SMILES string of the molecule is CC(C)Cc1ccc(C(=O)O)c(Nc2ccccc2)n1. The van der Waals surface area contributed by atoms with E-state index >= 15 is 0 Å². The Balaban J connectivity index is 2.34. The first-order valence-corrected chi connectivity index (χ1v) is 6.61. The summed E-state index contributed by atoms with van der Waals surface area (Å²) in [5, 5.41) is 12.3. The van der Waals surface area contributed by atoms with Crippen LogP contribution in [0.3, 0.4) is 0 Å². The van der Waals surface area contributed by atoms with Crippen molar-refractivity contribution in [2.24, 2.45) is 5.92 Å². The zero-order valence-electron chi connectivity index (χ0n) is 11.6. The third-order valence-corrected chi connectivity index (χ3v) is 2.84. The van der Waals surface area contributed by atoms with E-state index in [9.17, 15) is 9.90 Å². The molecular formula is C16H18N2O2. The average Bonchev–Trinajstić information content (AvgIpc) is 2.39. The topological polar surface area (TPSA) is 62.2 Å². The van der Waals surface area contributed by atoms with Crippen LogP contribution in [0.5, 0.6) is 0 Å². The van der Waals surface area contributed by atoms with Crippen molar-refractivity contribution in [3.63, 3.8) is 0 Å². The van der Waals surface area contributed by atoms with Gasteiger partial charge in [-0.25, -0.2) is 9.78 Å². The van der Waals surface area contributed by atoms with E-state index < -0.39 is 5.97 Å². The molecule has 2 rings (SSSR count). The predicted octanol–water partition coefficient (Wildman–Crippen LogP) is 3.72. The van der Waals surface area contributed by atoms with E-state index in [4.69, 9.17) is 0 Å². The fourth-order valence-electron chi connectivity index (χ4n) is 1.96. The monoisotopic (exact) mass is 270 g/mol. The number of benzene rings is 1. The first-order valence-electron chi connectivity index (χ1n) is 6.61. The Kier molecular flexibility index (Phi) is 4.35. The zero-order valence-corrected chi connectivity index (χ0v) is 11.6. The lowest BCUT2D eigenvalue weighted by Crippen LogP contribution is -2.07. The van der Waals surface area contributed by atoms with Crippen LogP contribution in [0.1, 0.15) is 29.9 Å². The molecule has 0 saturated carbocycles. The van der Waals surface area contributed by atoms with Crippen LogP contribution in [0.2, 0.25) is 0 Å². The van der Waals surface area contributed by atoms with E-state index in [-0.39, 0.29) is 5.56 Å². The predicted molar refractivity (Wildman–Crippen MR) is 79.5 cm³/mol. The molecule has 0 radical (unpaired) electrons. The van der Waals surface area contributed by atoms with E-state index in [0.717, 1.165) is 17.8 Å². The van der Waals surface area contributed by atoms with Gasteiger partial charge >= 0.3 is 5.97 Å². The first-order chi connectivity index (χ1) is 9.56. The molecule has 0 saturated heterocycles. The van der Waals surface area contributed by atoms with Gasteiger partial charge in [0.1, 0.15) is 11.4 Å². The Morgan fingerprint density at radius 3 is 2.50 bits per heavy atom. The minimum Gasteiger partial charge on any atom is -0.478 e. The lowest BCUT2D eigenvalue weighted by atomic mass is 10.1. The number of anilines is 2. The molecule has 104 valence electrons. The summed E-state index contributed by atoms with van der Waals surface area (Å²) >= 11 is 0. The van der Waals surface area contributed by atoms with Crippen LogP contribution in [0.25, 0.3) is 0 Å². The first kappa shape index (κ1) is 14.1. The molecule has 1 aromatic carbocycles. The highest BCUT2D eigenvalue weighted by Crippen LogP contribution is 2.20. The summed E-state index contributed by atoms with van der Waals surface area (Å²) in [5.74, 6) is -0.114. The van der Waals surface area contributed by atoms with Crippen molar-refractivity contribution in [2.45, 2.75) is 20.3 Å². The van der Waals surface area contributed by atoms with Gasteiger partial charge in [-0.2, -0.15) is 0 Å². The highest BCUT2D eigenvalue weighted by Gasteiger charge is 2.13. The fourth-order valence-corrected chi connectivity index (χ4v) is 1.96. The van der Waals surface area contributed by atoms with Crippen LogP contribution >= 0.6 is 0 Å². The number of aromatic carboxylic acids is 1. The molecule has 0 fully saturated rings. The van der Waals surface area contributed by atoms with Gasteiger partial charge in [-0.3, -0.25) is 0 Å². The Morgan fingerprint density at radius 2 is 1.90 bits per heavy atom. The number of carboxylic acids is 1. The summed E-state index contributed by atoms with van der Waals surface area (Å²) in [6, 6.07) is 12.8. The van der Waals surface area contributed by atoms with Crippen LogP contribution in [0, 0.1) is 5.92 Å². The molecular weight excluding hydrogens is 252 g/mol. The molecule has 20 heavy (non-hydrogen) atoms. The second-order valence-corrected chi connectivity index (χ2v) is 5.09. The lowest BCUT2D eigenvalue weighted by molar-refractivity contribution is 0.0697. The third kappa shape index (κ3) is 3.57. The van der Waals surface area contributed by atoms with Gasteiger partial charge in [-0.05, 0) is 36.6 Å². The second-order valence-electron chi connectivity index (χ2n) is 5.09. The van der Waals surface area contributed by atoms with Crippen LogP contribution in [-0.4, -0.2) is 16.1 Å². The Hall–Kier alpha value is -2.36. The number of carboxylic acid groups (broad SMARTS) is 1. The smallest absolute Gasteiger partial charge is 0.339 e. The highest BCUT2D eigenvalue weighted by molar-refractivity contribution is 5.94. The van der Waals surface area contributed by atoms with Crippen molar-refractivity contribution in [3.05, 3.63) is 53.7 Å². The van der Waals surface area contributed by atoms with Crippen molar-refractivity contribution in [2.75, 3.05) is 5.32 Å². The molecule has 2 N–H and O–H groups in total. The maximum atomic E-state index is 11.3. The van der Waals surface area contributed by atoms with Crippen molar-refractivity contribution < 1.29 is 9.90 Å². The zero-order chi connectivity index (χ0) is 14.5. The van der Waals surface area contributed by atoms with Gasteiger partial charge in [0.25, 0.3) is 0 Å². The van der Waals surface area contributed by atoms with Gasteiger partial charge < -0.3 is 10.4 Å². The minimum absolute atomic E-state index is 0.182. The normalized spacial score (nSPS) is 10.6. The standard InChI is InChI=1S/C16H18N2O2/c1-11(2)10-13-8-9-14(16(19)20)15(18-13)17-12-6-4-3-5-7-12/h3-9,11H,10H2,1-2H3,(H,17,18)(H,19,20). The number of hydrogen-bond donors (Lipinski definition) is 2. The van der Waals surface area contributed by atoms with Gasteiger partial charge in [-0.1, -0.05) is 32.0 Å². The van der Waals surface area contributed by atoms with Crippen LogP contribution < -0.4 is 5.32 Å². The summed E-state index contributed by atoms with van der Waals surface area (Å²) in [6.07, 6.45) is 0.823. The van der Waals surface area contributed by atoms with E-state index in [0.29, 0.717) is 11.7 Å². The molecule has 0 bridgehead atoms. The number of nitrogens with zero attached hydrogens (tertiary/aromatic N) is 1. The fraction of sp³-hybridized carbons (Fsp3) is 0.250. The minimum atomic E-state index is -0.980. The van der Waals surface area contributed by atoms with Crippen LogP contribution in [0.15, 0.2) is 42.5 Å². The molecule has 1 aromatic heterocycles. The number of carbonyl (C=O) groups is 1. The molecule has 2 aromatic rings. The average molecular weight is 270 g/mol. The Morgan fingerprint density at radius 1 is 1.20 bits per heavy atom. The number of nitrogens with one attached hydrogen (secondary N) is 1. The number of pyridine rings is 1. The molecule has 0 aliphatic carbocycles. The van der Waals surface area contributed by atoms with E-state index in [1.807, 2.05) is 30.3 Å². The van der Waals surface area contributed by atoms with Crippen molar-refractivity contribution in [3.8, 4) is 0 Å². The Bertz CT molecular complexity index is 595. The molecule has 1 heterocycles. The molecule has 4 heteroatoms. The molecule has 0 atom stereocenters. The maximum Gasteiger partial charge on any atom is 0.339 e. The number of rotatable bonds is 5. The second kappa shape index (κ2) is 6.19. The van der Waals surface area contributed by atoms with E-state index in [2.05, 4.69) is 24.1 Å². The van der Waals surface area contributed by atoms with E-state index in [1.54, 1.807) is 12.1 Å². The third-order valence-electron chi connectivity index (χ3n) is 2.84. The molecule has 0 aliphatic heterocycles. The van der Waals surface area contributed by atoms with Crippen molar-refractivity contribution >= 4 is 17.5 Å². The van der Waals surface area contributed by atoms with Gasteiger partial charge in [0.2, 0.25) is 0 Å². The maximum absolute atomic E-state index is 11.3. The van der Waals surface area contributed by atoms with Gasteiger partial charge in [0.15, 0.2) is 0 Å². The number of aromatic nitrogens is 1. The lowest BCUT2D eigenvalue weighted by Gasteiger charge is -2.11. The highest BCUT2D eigenvalue weighted by atomic mass is 16.4. The number of para-hydroxylation sites is 1. The van der Waals surface area contributed by atoms with E-state index in [1.165, 1.54) is 0 Å². The Labute approximate surface area is 118 Å². The molecule has 0 unspecified atom stereocenters. The van der Waals surface area contributed by atoms with Gasteiger partial charge in [-0.15, -0.1) is 0 Å². The summed E-state index contributed by atoms with van der Waals surface area (Å²) in [5.41, 5.74) is 1.90. The van der Waals surface area contributed by atoms with Crippen molar-refractivity contribution in [1.82, 2.24) is 4.98 Å². The summed E-state index contributed by atoms with van der Waals surface area (Å²) < 4.78 is 0.